The maximum Gasteiger partial charge on any atom is 0.223 e. The summed E-state index contributed by atoms with van der Waals surface area (Å²) in [5.41, 5.74) is 1.17. The van der Waals surface area contributed by atoms with Crippen molar-refractivity contribution in [1.82, 2.24) is 10.2 Å². The molecule has 0 saturated carbocycles. The second kappa shape index (κ2) is 11.5. The van der Waals surface area contributed by atoms with E-state index in [1.807, 2.05) is 23.1 Å². The Morgan fingerprint density at radius 2 is 2.12 bits per heavy atom. The zero-order chi connectivity index (χ0) is 16.5. The Hall–Kier alpha value is -1.10. The molecule has 1 N–H and O–H groups in total. The first-order chi connectivity index (χ1) is 11.2. The van der Waals surface area contributed by atoms with E-state index in [2.05, 4.69) is 24.4 Å². The number of amides is 1. The van der Waals surface area contributed by atoms with Gasteiger partial charge in [-0.2, -0.15) is 0 Å². The Morgan fingerprint density at radius 3 is 2.75 bits per heavy atom. The first kappa shape index (κ1) is 20.9. The van der Waals surface area contributed by atoms with E-state index in [9.17, 15) is 4.79 Å². The van der Waals surface area contributed by atoms with Crippen molar-refractivity contribution in [1.29, 1.82) is 0 Å². The lowest BCUT2D eigenvalue weighted by atomic mass is 9.85. The third-order valence-corrected chi connectivity index (χ3v) is 4.77. The topological polar surface area (TPSA) is 41.6 Å². The maximum atomic E-state index is 12.8. The van der Waals surface area contributed by atoms with Crippen molar-refractivity contribution in [2.24, 2.45) is 11.8 Å². The SMILES string of the molecule is COCCN(Cc1ccccc1)C(=O)CC(C)C1CCCNC1.Cl. The summed E-state index contributed by atoms with van der Waals surface area (Å²) in [6.45, 7) is 6.28. The van der Waals surface area contributed by atoms with Gasteiger partial charge in [-0.15, -0.1) is 12.4 Å². The summed E-state index contributed by atoms with van der Waals surface area (Å²) >= 11 is 0. The van der Waals surface area contributed by atoms with Gasteiger partial charge in [-0.1, -0.05) is 37.3 Å². The number of hydrogen-bond donors (Lipinski definition) is 1. The summed E-state index contributed by atoms with van der Waals surface area (Å²) in [7, 11) is 1.68. The Morgan fingerprint density at radius 1 is 1.38 bits per heavy atom. The highest BCUT2D eigenvalue weighted by Gasteiger charge is 2.24. The van der Waals surface area contributed by atoms with Gasteiger partial charge in [0, 0.05) is 26.6 Å². The standard InChI is InChI=1S/C19H30N2O2.ClH/c1-16(18-9-6-10-20-14-18)13-19(22)21(11-12-23-2)15-17-7-4-3-5-8-17;/h3-5,7-8,16,18,20H,6,9-15H2,1-2H3;1H. The molecule has 1 heterocycles. The molecule has 1 amide bonds. The molecule has 2 rings (SSSR count). The molecule has 1 aliphatic heterocycles. The van der Waals surface area contributed by atoms with Gasteiger partial charge >= 0.3 is 0 Å². The normalized spacial score (nSPS) is 18.5. The van der Waals surface area contributed by atoms with Gasteiger partial charge in [0.25, 0.3) is 0 Å². The number of nitrogens with one attached hydrogen (secondary N) is 1. The Kier molecular flexibility index (Phi) is 9.99. The number of carbonyl (C=O) groups is 1. The third kappa shape index (κ3) is 6.80. The van der Waals surface area contributed by atoms with E-state index in [0.717, 1.165) is 13.1 Å². The van der Waals surface area contributed by atoms with Crippen molar-refractivity contribution in [3.63, 3.8) is 0 Å². The van der Waals surface area contributed by atoms with Crippen LogP contribution in [0.2, 0.25) is 0 Å². The molecule has 0 aromatic heterocycles. The minimum Gasteiger partial charge on any atom is -0.383 e. The van der Waals surface area contributed by atoms with Crippen molar-refractivity contribution in [2.75, 3.05) is 33.4 Å². The average Bonchev–Trinajstić information content (AvgIpc) is 2.60. The van der Waals surface area contributed by atoms with Crippen LogP contribution in [-0.2, 0) is 16.1 Å². The molecule has 1 fully saturated rings. The lowest BCUT2D eigenvalue weighted by Crippen LogP contribution is -2.38. The third-order valence-electron chi connectivity index (χ3n) is 4.77. The van der Waals surface area contributed by atoms with Gasteiger partial charge in [0.05, 0.1) is 6.61 Å². The zero-order valence-corrected chi connectivity index (χ0v) is 15.7. The molecule has 24 heavy (non-hydrogen) atoms. The number of ether oxygens (including phenoxy) is 1. The van der Waals surface area contributed by atoms with Gasteiger partial charge < -0.3 is 15.0 Å². The molecule has 0 spiro atoms. The number of rotatable bonds is 8. The van der Waals surface area contributed by atoms with Gasteiger partial charge in [-0.3, -0.25) is 4.79 Å². The fraction of sp³-hybridized carbons (Fsp3) is 0.632. The Balaban J connectivity index is 0.00000288. The van der Waals surface area contributed by atoms with E-state index in [1.165, 1.54) is 18.4 Å². The highest BCUT2D eigenvalue weighted by Crippen LogP contribution is 2.23. The van der Waals surface area contributed by atoms with Crippen molar-refractivity contribution < 1.29 is 9.53 Å². The van der Waals surface area contributed by atoms with Crippen molar-refractivity contribution in [3.8, 4) is 0 Å². The molecular formula is C19H31ClN2O2. The van der Waals surface area contributed by atoms with Crippen LogP contribution in [0.4, 0.5) is 0 Å². The van der Waals surface area contributed by atoms with Crippen LogP contribution >= 0.6 is 12.4 Å². The minimum absolute atomic E-state index is 0. The second-order valence-electron chi connectivity index (χ2n) is 6.58. The summed E-state index contributed by atoms with van der Waals surface area (Å²) in [4.78, 5) is 14.7. The lowest BCUT2D eigenvalue weighted by Gasteiger charge is -2.30. The van der Waals surface area contributed by atoms with E-state index < -0.39 is 0 Å². The van der Waals surface area contributed by atoms with E-state index in [4.69, 9.17) is 4.74 Å². The van der Waals surface area contributed by atoms with Crippen molar-refractivity contribution in [3.05, 3.63) is 35.9 Å². The predicted molar refractivity (Wildman–Crippen MR) is 100 cm³/mol. The number of nitrogens with zero attached hydrogens (tertiary/aromatic N) is 1. The first-order valence-electron chi connectivity index (χ1n) is 8.72. The van der Waals surface area contributed by atoms with Crippen LogP contribution in [-0.4, -0.2) is 44.2 Å². The Bertz CT molecular complexity index is 464. The number of piperidine rings is 1. The smallest absolute Gasteiger partial charge is 0.223 e. The Labute approximate surface area is 152 Å². The molecule has 136 valence electrons. The van der Waals surface area contributed by atoms with E-state index >= 15 is 0 Å². The molecule has 1 aromatic rings. The predicted octanol–water partition coefficient (Wildman–Crippen LogP) is 3.11. The van der Waals surface area contributed by atoms with Crippen LogP contribution in [0, 0.1) is 11.8 Å². The molecule has 0 bridgehead atoms. The highest BCUT2D eigenvalue weighted by molar-refractivity contribution is 5.85. The summed E-state index contributed by atoms with van der Waals surface area (Å²) in [5, 5.41) is 3.45. The van der Waals surface area contributed by atoms with Crippen LogP contribution in [0.25, 0.3) is 0 Å². The van der Waals surface area contributed by atoms with Crippen LogP contribution < -0.4 is 5.32 Å². The van der Waals surface area contributed by atoms with Gasteiger partial charge in [0.2, 0.25) is 5.91 Å². The van der Waals surface area contributed by atoms with E-state index in [0.29, 0.717) is 38.0 Å². The monoisotopic (exact) mass is 354 g/mol. The molecular weight excluding hydrogens is 324 g/mol. The quantitative estimate of drug-likeness (QED) is 0.780. The molecule has 2 unspecified atom stereocenters. The fourth-order valence-corrected chi connectivity index (χ4v) is 3.23. The van der Waals surface area contributed by atoms with Gasteiger partial charge in [0.15, 0.2) is 0 Å². The summed E-state index contributed by atoms with van der Waals surface area (Å²) in [6, 6.07) is 10.2. The molecule has 1 aromatic carbocycles. The van der Waals surface area contributed by atoms with E-state index in [1.54, 1.807) is 7.11 Å². The number of halogens is 1. The molecule has 1 saturated heterocycles. The van der Waals surface area contributed by atoms with Crippen LogP contribution in [0.15, 0.2) is 30.3 Å². The zero-order valence-electron chi connectivity index (χ0n) is 14.9. The maximum absolute atomic E-state index is 12.8. The molecule has 0 radical (unpaired) electrons. The van der Waals surface area contributed by atoms with Crippen LogP contribution in [0.1, 0.15) is 31.7 Å². The molecule has 1 aliphatic rings. The number of hydrogen-bond acceptors (Lipinski definition) is 3. The second-order valence-corrected chi connectivity index (χ2v) is 6.58. The van der Waals surface area contributed by atoms with Crippen molar-refractivity contribution >= 4 is 18.3 Å². The summed E-state index contributed by atoms with van der Waals surface area (Å²) in [6.07, 6.45) is 3.09. The first-order valence-corrected chi connectivity index (χ1v) is 8.72. The summed E-state index contributed by atoms with van der Waals surface area (Å²) < 4.78 is 5.18. The molecule has 5 heteroatoms. The minimum atomic E-state index is 0. The van der Waals surface area contributed by atoms with Crippen LogP contribution in [0.3, 0.4) is 0 Å². The average molecular weight is 355 g/mol. The number of carbonyl (C=O) groups excluding carboxylic acids is 1. The van der Waals surface area contributed by atoms with Crippen LogP contribution in [0.5, 0.6) is 0 Å². The van der Waals surface area contributed by atoms with Gasteiger partial charge in [-0.25, -0.2) is 0 Å². The highest BCUT2D eigenvalue weighted by atomic mass is 35.5. The summed E-state index contributed by atoms with van der Waals surface area (Å²) in [5.74, 6) is 1.29. The van der Waals surface area contributed by atoms with E-state index in [-0.39, 0.29) is 18.3 Å². The number of benzene rings is 1. The lowest BCUT2D eigenvalue weighted by molar-refractivity contribution is -0.133. The fourth-order valence-electron chi connectivity index (χ4n) is 3.23. The largest absolute Gasteiger partial charge is 0.383 e. The van der Waals surface area contributed by atoms with Gasteiger partial charge in [0.1, 0.15) is 0 Å². The molecule has 2 atom stereocenters. The number of methoxy groups -OCH3 is 1. The molecule has 4 nitrogen and oxygen atoms in total. The molecule has 0 aliphatic carbocycles. The van der Waals surface area contributed by atoms with Gasteiger partial charge in [-0.05, 0) is 43.3 Å². The van der Waals surface area contributed by atoms with Crippen molar-refractivity contribution in [2.45, 2.75) is 32.7 Å².